The maximum atomic E-state index is 13.6. The van der Waals surface area contributed by atoms with Crippen LogP contribution in [0.15, 0.2) is 42.5 Å². The zero-order valence-corrected chi connectivity index (χ0v) is 15.9. The van der Waals surface area contributed by atoms with E-state index in [1.165, 1.54) is 0 Å². The third kappa shape index (κ3) is 5.52. The lowest BCUT2D eigenvalue weighted by Gasteiger charge is -2.19. The molecule has 0 heterocycles. The van der Waals surface area contributed by atoms with E-state index >= 15 is 0 Å². The van der Waals surface area contributed by atoms with Crippen molar-refractivity contribution < 1.29 is 18.4 Å². The molecule has 1 aliphatic rings. The molecule has 2 amide bonds. The van der Waals surface area contributed by atoms with Crippen molar-refractivity contribution >= 4 is 23.4 Å². The molecule has 4 nitrogen and oxygen atoms in total. The predicted molar refractivity (Wildman–Crippen MR) is 103 cm³/mol. The molecule has 0 saturated heterocycles. The van der Waals surface area contributed by atoms with Crippen LogP contribution in [0.3, 0.4) is 0 Å². The van der Waals surface area contributed by atoms with E-state index in [1.54, 1.807) is 0 Å². The summed E-state index contributed by atoms with van der Waals surface area (Å²) in [6.07, 6.45) is 2.81. The van der Waals surface area contributed by atoms with Crippen LogP contribution >= 0.6 is 11.6 Å². The van der Waals surface area contributed by atoms with Crippen molar-refractivity contribution in [1.82, 2.24) is 10.6 Å². The minimum atomic E-state index is -0.912. The summed E-state index contributed by atoms with van der Waals surface area (Å²) in [5.74, 6) is -1.95. The number of halogens is 3. The lowest BCUT2D eigenvalue weighted by molar-refractivity contribution is -0.122. The quantitative estimate of drug-likeness (QED) is 0.638. The zero-order chi connectivity index (χ0) is 20.1. The maximum Gasteiger partial charge on any atom is 0.254 e. The number of carbonyl (C=O) groups excluding carboxylic acids is 2. The van der Waals surface area contributed by atoms with Gasteiger partial charge in [0.2, 0.25) is 5.91 Å². The highest BCUT2D eigenvalue weighted by atomic mass is 35.5. The number of benzene rings is 2. The molecule has 1 fully saturated rings. The Labute approximate surface area is 167 Å². The lowest BCUT2D eigenvalue weighted by atomic mass is 10.0. The molecule has 0 aromatic heterocycles. The normalized spacial score (nSPS) is 14.4. The van der Waals surface area contributed by atoms with Crippen molar-refractivity contribution in [3.63, 3.8) is 0 Å². The molecule has 7 heteroatoms. The van der Waals surface area contributed by atoms with Crippen molar-refractivity contribution in [3.8, 4) is 0 Å². The molecule has 0 radical (unpaired) electrons. The predicted octanol–water partition coefficient (Wildman–Crippen LogP) is 4.40. The van der Waals surface area contributed by atoms with Crippen LogP contribution in [-0.2, 0) is 4.79 Å². The van der Waals surface area contributed by atoms with E-state index in [2.05, 4.69) is 10.6 Å². The maximum absolute atomic E-state index is 13.6. The monoisotopic (exact) mass is 406 g/mol. The molecule has 0 spiro atoms. The first-order valence-corrected chi connectivity index (χ1v) is 9.60. The smallest absolute Gasteiger partial charge is 0.254 e. The fourth-order valence-electron chi connectivity index (χ4n) is 3.04. The third-order valence-electron chi connectivity index (χ3n) is 4.68. The highest BCUT2D eigenvalue weighted by Gasteiger charge is 2.33. The number of nitrogens with one attached hydrogen (secondary N) is 2. The van der Waals surface area contributed by atoms with Gasteiger partial charge in [-0.25, -0.2) is 8.78 Å². The van der Waals surface area contributed by atoms with Crippen molar-refractivity contribution in [2.45, 2.75) is 31.7 Å². The van der Waals surface area contributed by atoms with Crippen LogP contribution in [-0.4, -0.2) is 18.4 Å². The fraction of sp³-hybridized carbons (Fsp3) is 0.333. The Bertz CT molecular complexity index is 854. The second kappa shape index (κ2) is 9.15. The average Bonchev–Trinajstić information content (AvgIpc) is 3.49. The zero-order valence-electron chi connectivity index (χ0n) is 15.2. The molecule has 0 bridgehead atoms. The standard InChI is InChI=1S/C21H21ClF2N2O2/c22-15-7-5-14(6-8-15)20(13-3-4-13)26-19(27)2-1-11-25-21(28)17-10-9-16(23)12-18(17)24/h5-10,12-13,20H,1-4,11H2,(H,25,28)(H,26,27). The number of amides is 2. The average molecular weight is 407 g/mol. The summed E-state index contributed by atoms with van der Waals surface area (Å²) < 4.78 is 26.5. The molecule has 1 aliphatic carbocycles. The second-order valence-electron chi connectivity index (χ2n) is 6.92. The molecule has 28 heavy (non-hydrogen) atoms. The lowest BCUT2D eigenvalue weighted by Crippen LogP contribution is -2.31. The fourth-order valence-corrected chi connectivity index (χ4v) is 3.16. The van der Waals surface area contributed by atoms with Crippen LogP contribution in [0.25, 0.3) is 0 Å². The molecule has 1 saturated carbocycles. The van der Waals surface area contributed by atoms with E-state index < -0.39 is 17.5 Å². The Kier molecular flexibility index (Phi) is 6.62. The van der Waals surface area contributed by atoms with Crippen LogP contribution < -0.4 is 10.6 Å². The summed E-state index contributed by atoms with van der Waals surface area (Å²) in [5.41, 5.74) is 0.808. The SMILES string of the molecule is O=C(CCCNC(=O)c1ccc(F)cc1F)NC(c1ccc(Cl)cc1)C1CC1. The van der Waals surface area contributed by atoms with Gasteiger partial charge in [0.05, 0.1) is 11.6 Å². The van der Waals surface area contributed by atoms with Gasteiger partial charge in [-0.05, 0) is 55.0 Å². The highest BCUT2D eigenvalue weighted by molar-refractivity contribution is 6.30. The van der Waals surface area contributed by atoms with Crippen LogP contribution in [0, 0.1) is 17.6 Å². The summed E-state index contributed by atoms with van der Waals surface area (Å²) in [6.45, 7) is 0.220. The summed E-state index contributed by atoms with van der Waals surface area (Å²) in [4.78, 5) is 24.2. The first-order chi connectivity index (χ1) is 13.4. The van der Waals surface area contributed by atoms with E-state index in [9.17, 15) is 18.4 Å². The van der Waals surface area contributed by atoms with Crippen molar-refractivity contribution in [3.05, 3.63) is 70.2 Å². The van der Waals surface area contributed by atoms with E-state index in [0.717, 1.165) is 30.5 Å². The van der Waals surface area contributed by atoms with Crippen molar-refractivity contribution in [2.75, 3.05) is 6.54 Å². The largest absolute Gasteiger partial charge is 0.352 e. The third-order valence-corrected chi connectivity index (χ3v) is 4.93. The Morgan fingerprint density at radius 1 is 1.11 bits per heavy atom. The molecule has 1 unspecified atom stereocenters. The molecule has 148 valence electrons. The van der Waals surface area contributed by atoms with Crippen molar-refractivity contribution in [1.29, 1.82) is 0 Å². The topological polar surface area (TPSA) is 58.2 Å². The Balaban J connectivity index is 1.44. The number of rotatable bonds is 8. The van der Waals surface area contributed by atoms with Gasteiger partial charge in [0.15, 0.2) is 0 Å². The van der Waals surface area contributed by atoms with Gasteiger partial charge in [-0.2, -0.15) is 0 Å². The van der Waals surface area contributed by atoms with E-state index in [0.29, 0.717) is 23.4 Å². The van der Waals surface area contributed by atoms with Gasteiger partial charge in [0, 0.05) is 24.1 Å². The highest BCUT2D eigenvalue weighted by Crippen LogP contribution is 2.41. The van der Waals surface area contributed by atoms with E-state index in [-0.39, 0.29) is 30.5 Å². The molecule has 2 aromatic rings. The second-order valence-corrected chi connectivity index (χ2v) is 7.35. The molecule has 3 rings (SSSR count). The summed E-state index contributed by atoms with van der Waals surface area (Å²) in [5, 5.41) is 6.25. The molecule has 1 atom stereocenters. The Morgan fingerprint density at radius 3 is 2.46 bits per heavy atom. The van der Waals surface area contributed by atoms with Gasteiger partial charge in [-0.1, -0.05) is 23.7 Å². The van der Waals surface area contributed by atoms with E-state index in [1.807, 2.05) is 24.3 Å². The van der Waals surface area contributed by atoms with Crippen LogP contribution in [0.4, 0.5) is 8.78 Å². The van der Waals surface area contributed by atoms with Gasteiger partial charge in [0.1, 0.15) is 11.6 Å². The van der Waals surface area contributed by atoms with Crippen LogP contribution in [0.1, 0.15) is 47.6 Å². The number of hydrogen-bond donors (Lipinski definition) is 2. The molecular formula is C21H21ClF2N2O2. The summed E-state index contributed by atoms with van der Waals surface area (Å²) >= 11 is 5.93. The molecule has 2 N–H and O–H groups in total. The first kappa shape index (κ1) is 20.3. The van der Waals surface area contributed by atoms with Gasteiger partial charge in [-0.15, -0.1) is 0 Å². The Morgan fingerprint density at radius 2 is 1.82 bits per heavy atom. The summed E-state index contributed by atoms with van der Waals surface area (Å²) in [7, 11) is 0. The molecule has 0 aliphatic heterocycles. The van der Waals surface area contributed by atoms with Gasteiger partial charge >= 0.3 is 0 Å². The minimum Gasteiger partial charge on any atom is -0.352 e. The van der Waals surface area contributed by atoms with Crippen molar-refractivity contribution in [2.24, 2.45) is 5.92 Å². The molecule has 2 aromatic carbocycles. The first-order valence-electron chi connectivity index (χ1n) is 9.22. The van der Waals surface area contributed by atoms with Crippen LogP contribution in [0.2, 0.25) is 5.02 Å². The van der Waals surface area contributed by atoms with Gasteiger partial charge < -0.3 is 10.6 Å². The van der Waals surface area contributed by atoms with Crippen LogP contribution in [0.5, 0.6) is 0 Å². The summed E-state index contributed by atoms with van der Waals surface area (Å²) in [6, 6.07) is 10.2. The molecular weight excluding hydrogens is 386 g/mol. The van der Waals surface area contributed by atoms with E-state index in [4.69, 9.17) is 11.6 Å². The minimum absolute atomic E-state index is 0.0346. The number of hydrogen-bond acceptors (Lipinski definition) is 2. The van der Waals surface area contributed by atoms with Gasteiger partial charge in [-0.3, -0.25) is 9.59 Å². The number of carbonyl (C=O) groups is 2. The van der Waals surface area contributed by atoms with Gasteiger partial charge in [0.25, 0.3) is 5.91 Å². The Hall–Kier alpha value is -2.47.